The van der Waals surface area contributed by atoms with Gasteiger partial charge in [0, 0.05) is 28.8 Å². The Kier molecular flexibility index (Phi) is 7.57. The van der Waals surface area contributed by atoms with Crippen molar-refractivity contribution in [3.63, 3.8) is 0 Å². The van der Waals surface area contributed by atoms with E-state index in [-0.39, 0.29) is 37.4 Å². The zero-order chi connectivity index (χ0) is 25.1. The molecule has 1 N–H and O–H groups in total. The van der Waals surface area contributed by atoms with E-state index in [4.69, 9.17) is 14.2 Å². The number of hydrogen-bond donors (Lipinski definition) is 1. The van der Waals surface area contributed by atoms with E-state index in [2.05, 4.69) is 22.5 Å². The number of aromatic amines is 1. The molecule has 2 aliphatic heterocycles. The van der Waals surface area contributed by atoms with Gasteiger partial charge in [-0.1, -0.05) is 25.1 Å². The molecule has 188 valence electrons. The summed E-state index contributed by atoms with van der Waals surface area (Å²) in [6, 6.07) is 7.65. The van der Waals surface area contributed by atoms with Crippen molar-refractivity contribution in [2.24, 2.45) is 11.8 Å². The number of nitrogens with one attached hydrogen (secondary N) is 1. The molecule has 1 unspecified atom stereocenters. The Labute approximate surface area is 205 Å². The smallest absolute Gasteiger partial charge is 0.375 e. The third kappa shape index (κ3) is 4.46. The Hall–Kier alpha value is -3.16. The zero-order valence-corrected chi connectivity index (χ0v) is 21.0. The molecule has 3 atom stereocenters. The summed E-state index contributed by atoms with van der Waals surface area (Å²) >= 11 is 0. The number of carbonyl (C=O) groups excluding carboxylic acids is 3. The number of aromatic nitrogens is 1. The van der Waals surface area contributed by atoms with Gasteiger partial charge in [-0.2, -0.15) is 0 Å². The second kappa shape index (κ2) is 10.6. The maximum atomic E-state index is 13.1. The van der Waals surface area contributed by atoms with Crippen LogP contribution in [0.1, 0.15) is 63.6 Å². The molecule has 3 heterocycles. The lowest BCUT2D eigenvalue weighted by atomic mass is 9.76. The first-order chi connectivity index (χ1) is 17.0. The van der Waals surface area contributed by atoms with E-state index in [1.165, 1.54) is 7.11 Å². The molecule has 35 heavy (non-hydrogen) atoms. The molecule has 0 saturated carbocycles. The maximum absolute atomic E-state index is 13.1. The third-order valence-corrected chi connectivity index (χ3v) is 7.28. The molecule has 0 amide bonds. The number of rotatable bonds is 8. The average Bonchev–Trinajstić information content (AvgIpc) is 3.25. The lowest BCUT2D eigenvalue weighted by molar-refractivity contribution is -0.566. The number of methoxy groups -OCH3 is 1. The molecule has 2 aromatic rings. The van der Waals surface area contributed by atoms with E-state index in [1.54, 1.807) is 13.8 Å². The van der Waals surface area contributed by atoms with Crippen LogP contribution < -0.4 is 0 Å². The van der Waals surface area contributed by atoms with E-state index in [0.29, 0.717) is 6.54 Å². The predicted molar refractivity (Wildman–Crippen MR) is 130 cm³/mol. The fourth-order valence-corrected chi connectivity index (χ4v) is 5.89. The summed E-state index contributed by atoms with van der Waals surface area (Å²) in [5, 5.41) is 1.09. The highest BCUT2D eigenvalue weighted by Crippen LogP contribution is 2.42. The molecule has 4 rings (SSSR count). The highest BCUT2D eigenvalue weighted by molar-refractivity contribution is 6.07. The number of fused-ring (bicyclic) bond motifs is 4. The Balaban J connectivity index is 1.86. The van der Waals surface area contributed by atoms with Gasteiger partial charge < -0.3 is 19.2 Å². The normalized spacial score (nSPS) is 21.5. The van der Waals surface area contributed by atoms with Gasteiger partial charge in [0.2, 0.25) is 5.71 Å². The average molecular weight is 484 g/mol. The van der Waals surface area contributed by atoms with Crippen molar-refractivity contribution in [2.45, 2.75) is 58.4 Å². The molecule has 8 nitrogen and oxygen atoms in total. The van der Waals surface area contributed by atoms with Crippen LogP contribution in [0.4, 0.5) is 0 Å². The molecule has 8 heteroatoms. The highest BCUT2D eigenvalue weighted by atomic mass is 16.6. The zero-order valence-electron chi connectivity index (χ0n) is 21.0. The molecule has 0 bridgehead atoms. The number of para-hydroxylation sites is 1. The summed E-state index contributed by atoms with van der Waals surface area (Å²) in [5.74, 6) is -2.57. The summed E-state index contributed by atoms with van der Waals surface area (Å²) in [5.41, 5.74) is 4.08. The van der Waals surface area contributed by atoms with Crippen molar-refractivity contribution in [1.29, 1.82) is 0 Å². The van der Waals surface area contributed by atoms with Crippen LogP contribution in [0.5, 0.6) is 0 Å². The summed E-state index contributed by atoms with van der Waals surface area (Å²) in [7, 11) is 1.43. The van der Waals surface area contributed by atoms with Gasteiger partial charge in [0.05, 0.1) is 26.2 Å². The van der Waals surface area contributed by atoms with Crippen molar-refractivity contribution in [3.8, 4) is 0 Å². The molecular weight excluding hydrogens is 448 g/mol. The molecule has 0 aliphatic carbocycles. The number of esters is 3. The van der Waals surface area contributed by atoms with Crippen LogP contribution in [0.2, 0.25) is 0 Å². The Morgan fingerprint density at radius 2 is 1.77 bits per heavy atom. The number of carbonyl (C=O) groups is 3. The fraction of sp³-hybridized carbons (Fsp3) is 0.556. The van der Waals surface area contributed by atoms with Gasteiger partial charge in [-0.3, -0.25) is 9.59 Å². The van der Waals surface area contributed by atoms with Crippen LogP contribution in [0, 0.1) is 11.8 Å². The summed E-state index contributed by atoms with van der Waals surface area (Å²) in [6.07, 6.45) is 2.67. The number of H-pyrrole nitrogens is 1. The molecule has 1 aromatic heterocycles. The molecule has 0 fully saturated rings. The Morgan fingerprint density at radius 1 is 1.09 bits per heavy atom. The second-order valence-corrected chi connectivity index (χ2v) is 9.15. The van der Waals surface area contributed by atoms with Crippen LogP contribution in [0.25, 0.3) is 10.9 Å². The van der Waals surface area contributed by atoms with Gasteiger partial charge in [-0.25, -0.2) is 9.37 Å². The molecule has 0 spiro atoms. The standard InChI is InChI=1S/C27H34N2O6/c1-5-17-21-18-12-8-9-13-20(18)28-22(21)23-16(11-10-14-29(23)24(17)27(32)33-4)15-19(25(30)34-6-2)26(31)35-7-3/h8-9,12-13,16-17,19,24H,5-7,10-11,14-15H2,1-4H3/p+1/t16-,17?,24+/m0/s1. The molecule has 0 radical (unpaired) electrons. The Morgan fingerprint density at radius 3 is 2.40 bits per heavy atom. The van der Waals surface area contributed by atoms with Crippen molar-refractivity contribution in [3.05, 3.63) is 35.5 Å². The van der Waals surface area contributed by atoms with Crippen molar-refractivity contribution in [2.75, 3.05) is 26.9 Å². The van der Waals surface area contributed by atoms with E-state index in [9.17, 15) is 14.4 Å². The van der Waals surface area contributed by atoms with Gasteiger partial charge in [0.1, 0.15) is 12.2 Å². The number of nitrogens with zero attached hydrogens (tertiary/aromatic N) is 1. The first-order valence-corrected chi connectivity index (χ1v) is 12.6. The van der Waals surface area contributed by atoms with Gasteiger partial charge in [-0.15, -0.1) is 0 Å². The van der Waals surface area contributed by atoms with E-state index < -0.39 is 23.9 Å². The lowest BCUT2D eigenvalue weighted by Gasteiger charge is -2.34. The van der Waals surface area contributed by atoms with E-state index in [0.717, 1.165) is 47.1 Å². The van der Waals surface area contributed by atoms with Gasteiger partial charge in [-0.05, 0) is 39.2 Å². The van der Waals surface area contributed by atoms with E-state index >= 15 is 0 Å². The summed E-state index contributed by atoms with van der Waals surface area (Å²) in [6.45, 7) is 6.63. The van der Waals surface area contributed by atoms with Crippen LogP contribution in [-0.2, 0) is 28.6 Å². The topological polar surface area (TPSA) is 97.7 Å². The van der Waals surface area contributed by atoms with Crippen LogP contribution in [0.3, 0.4) is 0 Å². The van der Waals surface area contributed by atoms with Crippen LogP contribution in [0.15, 0.2) is 24.3 Å². The molecule has 2 aliphatic rings. The number of hydrogen-bond acceptors (Lipinski definition) is 6. The minimum atomic E-state index is -1.01. The number of ether oxygens (including phenoxy) is 3. The largest absolute Gasteiger partial charge is 0.465 e. The first-order valence-electron chi connectivity index (χ1n) is 12.6. The highest BCUT2D eigenvalue weighted by Gasteiger charge is 2.51. The fourth-order valence-electron chi connectivity index (χ4n) is 5.89. The van der Waals surface area contributed by atoms with Gasteiger partial charge >= 0.3 is 17.9 Å². The van der Waals surface area contributed by atoms with E-state index in [1.807, 2.05) is 18.2 Å². The summed E-state index contributed by atoms with van der Waals surface area (Å²) in [4.78, 5) is 42.3. The van der Waals surface area contributed by atoms with Crippen LogP contribution >= 0.6 is 0 Å². The monoisotopic (exact) mass is 483 g/mol. The second-order valence-electron chi connectivity index (χ2n) is 9.15. The Bertz CT molecular complexity index is 1130. The minimum Gasteiger partial charge on any atom is -0.465 e. The maximum Gasteiger partial charge on any atom is 0.375 e. The lowest BCUT2D eigenvalue weighted by Crippen LogP contribution is -2.51. The SMILES string of the molecule is CCOC(=O)C(C[C@@H]1CCC[N+]2=C1c1[nH]c3ccccc3c1C(CC)[C@@H]2C(=O)OC)C(=O)OCC. The predicted octanol–water partition coefficient (Wildman–Crippen LogP) is 3.56. The van der Waals surface area contributed by atoms with Gasteiger partial charge in [0.25, 0.3) is 6.04 Å². The first kappa shape index (κ1) is 24.9. The quantitative estimate of drug-likeness (QED) is 0.267. The summed E-state index contributed by atoms with van der Waals surface area (Å²) < 4.78 is 17.9. The van der Waals surface area contributed by atoms with Crippen LogP contribution in [-0.4, -0.2) is 66.1 Å². The molecule has 1 aromatic carbocycles. The third-order valence-electron chi connectivity index (χ3n) is 7.28. The number of benzene rings is 1. The van der Waals surface area contributed by atoms with Gasteiger partial charge in [0.15, 0.2) is 5.92 Å². The van der Waals surface area contributed by atoms with Crippen molar-refractivity contribution >= 4 is 34.5 Å². The van der Waals surface area contributed by atoms with Crippen molar-refractivity contribution < 1.29 is 33.2 Å². The molecule has 0 saturated heterocycles. The van der Waals surface area contributed by atoms with Crippen molar-refractivity contribution in [1.82, 2.24) is 4.98 Å². The minimum absolute atomic E-state index is 0.0398. The molecular formula is C27H35N2O6+.